The predicted molar refractivity (Wildman–Crippen MR) is 81.9 cm³/mol. The minimum atomic E-state index is -0.601. The number of carbonyl (C=O) groups is 2. The molecule has 2 rings (SSSR count). The number of hydrogen-bond acceptors (Lipinski definition) is 3. The molecule has 0 aliphatic heterocycles. The third kappa shape index (κ3) is 3.59. The summed E-state index contributed by atoms with van der Waals surface area (Å²) in [6.45, 7) is 5.17. The number of imidazole rings is 1. The van der Waals surface area contributed by atoms with E-state index in [2.05, 4.69) is 15.3 Å². The molecule has 0 bridgehead atoms. The van der Waals surface area contributed by atoms with Gasteiger partial charge in [0.2, 0.25) is 0 Å². The highest BCUT2D eigenvalue weighted by molar-refractivity contribution is 6.39. The second-order valence-corrected chi connectivity index (χ2v) is 4.88. The van der Waals surface area contributed by atoms with Crippen LogP contribution in [-0.2, 0) is 9.59 Å². The van der Waals surface area contributed by atoms with Gasteiger partial charge in [0.25, 0.3) is 0 Å². The van der Waals surface area contributed by atoms with Gasteiger partial charge in [-0.05, 0) is 31.0 Å². The summed E-state index contributed by atoms with van der Waals surface area (Å²) in [5.41, 5.74) is 2.22. The minimum absolute atomic E-state index is 0.483. The lowest BCUT2D eigenvalue weighted by molar-refractivity contribution is -0.143. The van der Waals surface area contributed by atoms with Crippen LogP contribution in [0.5, 0.6) is 0 Å². The van der Waals surface area contributed by atoms with Crippen molar-refractivity contribution in [1.82, 2.24) is 14.9 Å². The number of hydrogen-bond donors (Lipinski definition) is 2. The number of H-pyrrole nitrogens is 1. The van der Waals surface area contributed by atoms with Gasteiger partial charge in [0.05, 0.1) is 17.4 Å². The first-order valence-electron chi connectivity index (χ1n) is 7.19. The van der Waals surface area contributed by atoms with Crippen LogP contribution in [-0.4, -0.2) is 39.8 Å². The number of nitrogens with one attached hydrogen (secondary N) is 2. The van der Waals surface area contributed by atoms with Crippen LogP contribution in [0.2, 0.25) is 0 Å². The molecule has 0 unspecified atom stereocenters. The summed E-state index contributed by atoms with van der Waals surface area (Å²) in [7, 11) is 0. The first-order valence-corrected chi connectivity index (χ1v) is 7.19. The smallest absolute Gasteiger partial charge is 0.313 e. The zero-order valence-corrected chi connectivity index (χ0v) is 12.3. The van der Waals surface area contributed by atoms with Gasteiger partial charge in [0, 0.05) is 18.8 Å². The van der Waals surface area contributed by atoms with Crippen LogP contribution in [0, 0.1) is 0 Å². The molecule has 2 aromatic rings. The van der Waals surface area contributed by atoms with Crippen molar-refractivity contribution in [1.29, 1.82) is 0 Å². The van der Waals surface area contributed by atoms with E-state index in [4.69, 9.17) is 0 Å². The van der Waals surface area contributed by atoms with Crippen molar-refractivity contribution in [3.05, 3.63) is 24.5 Å². The fraction of sp³-hybridized carbons (Fsp3) is 0.400. The molecule has 21 heavy (non-hydrogen) atoms. The maximum atomic E-state index is 12.1. The van der Waals surface area contributed by atoms with Crippen molar-refractivity contribution < 1.29 is 9.59 Å². The van der Waals surface area contributed by atoms with Gasteiger partial charge in [-0.3, -0.25) is 9.59 Å². The highest BCUT2D eigenvalue weighted by Gasteiger charge is 2.20. The molecule has 1 aromatic heterocycles. The average molecular weight is 288 g/mol. The molecule has 0 fully saturated rings. The molecule has 0 aliphatic carbocycles. The van der Waals surface area contributed by atoms with Gasteiger partial charge in [-0.1, -0.05) is 13.8 Å². The number of rotatable bonds is 5. The number of nitrogens with zero attached hydrogens (tertiary/aromatic N) is 2. The van der Waals surface area contributed by atoms with E-state index in [-0.39, 0.29) is 0 Å². The predicted octanol–water partition coefficient (Wildman–Crippen LogP) is 2.15. The van der Waals surface area contributed by atoms with E-state index in [0.717, 1.165) is 23.9 Å². The highest BCUT2D eigenvalue weighted by Crippen LogP contribution is 2.15. The Morgan fingerprint density at radius 2 is 1.95 bits per heavy atom. The molecule has 2 amide bonds. The number of aromatic amines is 1. The molecule has 6 nitrogen and oxygen atoms in total. The van der Waals surface area contributed by atoms with Crippen molar-refractivity contribution >= 4 is 28.5 Å². The summed E-state index contributed by atoms with van der Waals surface area (Å²) in [6, 6.07) is 5.29. The van der Waals surface area contributed by atoms with Crippen LogP contribution in [0.15, 0.2) is 24.5 Å². The molecule has 1 heterocycles. The number of amides is 2. The summed E-state index contributed by atoms with van der Waals surface area (Å²) >= 11 is 0. The molecule has 0 spiro atoms. The van der Waals surface area contributed by atoms with Crippen molar-refractivity contribution in [2.24, 2.45) is 0 Å². The van der Waals surface area contributed by atoms with E-state index in [0.29, 0.717) is 18.8 Å². The van der Waals surface area contributed by atoms with Gasteiger partial charge in [0.1, 0.15) is 0 Å². The summed E-state index contributed by atoms with van der Waals surface area (Å²) in [6.07, 6.45) is 3.25. The molecular weight excluding hydrogens is 268 g/mol. The number of aromatic nitrogens is 2. The molecule has 0 atom stereocenters. The molecule has 0 saturated carbocycles. The van der Waals surface area contributed by atoms with Gasteiger partial charge in [-0.2, -0.15) is 0 Å². The van der Waals surface area contributed by atoms with Gasteiger partial charge in [0.15, 0.2) is 0 Å². The molecule has 0 radical (unpaired) electrons. The van der Waals surface area contributed by atoms with Gasteiger partial charge < -0.3 is 15.2 Å². The number of benzene rings is 1. The van der Waals surface area contributed by atoms with Crippen LogP contribution in [0.3, 0.4) is 0 Å². The van der Waals surface area contributed by atoms with Crippen molar-refractivity contribution in [3.8, 4) is 0 Å². The second-order valence-electron chi connectivity index (χ2n) is 4.88. The third-order valence-electron chi connectivity index (χ3n) is 3.15. The highest BCUT2D eigenvalue weighted by atomic mass is 16.2. The average Bonchev–Trinajstić information content (AvgIpc) is 2.93. The summed E-state index contributed by atoms with van der Waals surface area (Å²) in [5.74, 6) is -1.08. The Morgan fingerprint density at radius 1 is 1.24 bits per heavy atom. The molecule has 0 saturated heterocycles. The number of fused-ring (bicyclic) bond motifs is 1. The SMILES string of the molecule is CCCN(CCC)C(=O)C(=O)Nc1ccc2nc[nH]c2c1. The Balaban J connectivity index is 2.06. The number of carbonyl (C=O) groups excluding carboxylic acids is 2. The zero-order chi connectivity index (χ0) is 15.2. The first kappa shape index (κ1) is 15.0. The first-order chi connectivity index (χ1) is 10.2. The Morgan fingerprint density at radius 3 is 2.62 bits per heavy atom. The Labute approximate surface area is 123 Å². The quantitative estimate of drug-likeness (QED) is 0.827. The van der Waals surface area contributed by atoms with Crippen LogP contribution in [0.25, 0.3) is 11.0 Å². The van der Waals surface area contributed by atoms with E-state index in [9.17, 15) is 9.59 Å². The normalized spacial score (nSPS) is 10.6. The van der Waals surface area contributed by atoms with Crippen LogP contribution >= 0.6 is 0 Å². The van der Waals surface area contributed by atoms with Gasteiger partial charge >= 0.3 is 11.8 Å². The van der Waals surface area contributed by atoms with E-state index in [1.165, 1.54) is 0 Å². The van der Waals surface area contributed by atoms with E-state index in [1.807, 2.05) is 13.8 Å². The van der Waals surface area contributed by atoms with Crippen LogP contribution in [0.4, 0.5) is 5.69 Å². The fourth-order valence-corrected chi connectivity index (χ4v) is 2.20. The third-order valence-corrected chi connectivity index (χ3v) is 3.15. The summed E-state index contributed by atoms with van der Waals surface area (Å²) < 4.78 is 0. The lowest BCUT2D eigenvalue weighted by atomic mass is 10.2. The molecular formula is C15H20N4O2. The van der Waals surface area contributed by atoms with E-state index >= 15 is 0 Å². The topological polar surface area (TPSA) is 78.1 Å². The van der Waals surface area contributed by atoms with Crippen LogP contribution < -0.4 is 5.32 Å². The molecule has 112 valence electrons. The Kier molecular flexibility index (Phi) is 4.92. The van der Waals surface area contributed by atoms with E-state index < -0.39 is 11.8 Å². The minimum Gasteiger partial charge on any atom is -0.345 e. The maximum Gasteiger partial charge on any atom is 0.313 e. The molecule has 0 aliphatic rings. The zero-order valence-electron chi connectivity index (χ0n) is 12.3. The van der Waals surface area contributed by atoms with Crippen molar-refractivity contribution in [3.63, 3.8) is 0 Å². The van der Waals surface area contributed by atoms with Crippen LogP contribution in [0.1, 0.15) is 26.7 Å². The lowest BCUT2D eigenvalue weighted by Crippen LogP contribution is -2.40. The molecule has 2 N–H and O–H groups in total. The lowest BCUT2D eigenvalue weighted by Gasteiger charge is -2.20. The monoisotopic (exact) mass is 288 g/mol. The summed E-state index contributed by atoms with van der Waals surface area (Å²) in [5, 5.41) is 2.64. The Bertz CT molecular complexity index is 629. The van der Waals surface area contributed by atoms with Gasteiger partial charge in [-0.15, -0.1) is 0 Å². The Hall–Kier alpha value is -2.37. The van der Waals surface area contributed by atoms with E-state index in [1.54, 1.807) is 29.4 Å². The number of anilines is 1. The van der Waals surface area contributed by atoms with Crippen molar-refractivity contribution in [2.45, 2.75) is 26.7 Å². The largest absolute Gasteiger partial charge is 0.345 e. The summed E-state index contributed by atoms with van der Waals surface area (Å²) in [4.78, 5) is 32.8. The second kappa shape index (κ2) is 6.88. The fourth-order valence-electron chi connectivity index (χ4n) is 2.20. The standard InChI is InChI=1S/C15H20N4O2/c1-3-7-19(8-4-2)15(21)14(20)18-11-5-6-12-13(9-11)17-10-16-12/h5-6,9-10H,3-4,7-8H2,1-2H3,(H,16,17)(H,18,20). The van der Waals surface area contributed by atoms with Gasteiger partial charge in [-0.25, -0.2) is 4.98 Å². The molecule has 1 aromatic carbocycles. The molecule has 6 heteroatoms. The maximum absolute atomic E-state index is 12.1. The van der Waals surface area contributed by atoms with Crippen molar-refractivity contribution in [2.75, 3.05) is 18.4 Å².